The van der Waals surface area contributed by atoms with Gasteiger partial charge < -0.3 is 4.74 Å². The molecule has 0 spiro atoms. The van der Waals surface area contributed by atoms with Crippen LogP contribution in [0.4, 0.5) is 5.69 Å². The van der Waals surface area contributed by atoms with E-state index < -0.39 is 10.8 Å². The maximum absolute atomic E-state index is 9.10. The zero-order chi connectivity index (χ0) is 13.2. The van der Waals surface area contributed by atoms with Crippen LogP contribution < -0.4 is 4.74 Å². The molecule has 1 aromatic rings. The van der Waals surface area contributed by atoms with Gasteiger partial charge in [0.05, 0.1) is 29.8 Å². The first kappa shape index (κ1) is 12.4. The first-order valence-electron chi connectivity index (χ1n) is 5.45. The second-order valence-corrected chi connectivity index (χ2v) is 4.30. The maximum Gasteiger partial charge on any atom is 0.198 e. The number of halogens is 1. The predicted molar refractivity (Wildman–Crippen MR) is 68.0 cm³/mol. The van der Waals surface area contributed by atoms with Crippen molar-refractivity contribution in [2.45, 2.75) is 12.3 Å². The van der Waals surface area contributed by atoms with Crippen molar-refractivity contribution in [3.63, 3.8) is 0 Å². The molecule has 0 bridgehead atoms. The van der Waals surface area contributed by atoms with Crippen molar-refractivity contribution in [1.29, 1.82) is 10.5 Å². The van der Waals surface area contributed by atoms with Crippen molar-refractivity contribution in [2.75, 3.05) is 6.61 Å². The zero-order valence-corrected chi connectivity index (χ0v) is 10.5. The Bertz CT molecular complexity index is 569. The highest BCUT2D eigenvalue weighted by molar-refractivity contribution is 6.24. The Morgan fingerprint density at radius 3 is 2.78 bits per heavy atom. The molecule has 0 saturated carbocycles. The van der Waals surface area contributed by atoms with Gasteiger partial charge in [-0.1, -0.05) is 6.07 Å². The molecule has 0 radical (unpaired) electrons. The van der Waals surface area contributed by atoms with Gasteiger partial charge >= 0.3 is 0 Å². The van der Waals surface area contributed by atoms with Crippen LogP contribution in [-0.2, 0) is 0 Å². The van der Waals surface area contributed by atoms with Crippen LogP contribution in [0.3, 0.4) is 0 Å². The van der Waals surface area contributed by atoms with Crippen LogP contribution in [0, 0.1) is 28.1 Å². The smallest absolute Gasteiger partial charge is 0.198 e. The number of nitriles is 2. The number of hydrogen-bond acceptors (Lipinski definition) is 4. The molecule has 18 heavy (non-hydrogen) atoms. The molecule has 5 heteroatoms. The molecule has 1 aliphatic heterocycles. The fourth-order valence-electron chi connectivity index (χ4n) is 1.78. The van der Waals surface area contributed by atoms with Crippen LogP contribution in [0.5, 0.6) is 5.75 Å². The Balaban J connectivity index is 2.48. The van der Waals surface area contributed by atoms with Crippen LogP contribution in [0.25, 0.3) is 0 Å². The standard InChI is InChI=1S/C13H10ClN3O/c1-2-18-9-3-4-10-11(5-9)17-8-13(6-15,7-16)12(10)14/h3-5,8,12H,2H2,1H3. The van der Waals surface area contributed by atoms with Gasteiger partial charge in [-0.25, -0.2) is 0 Å². The summed E-state index contributed by atoms with van der Waals surface area (Å²) in [5.41, 5.74) is -0.0883. The summed E-state index contributed by atoms with van der Waals surface area (Å²) in [6.45, 7) is 2.45. The highest BCUT2D eigenvalue weighted by Gasteiger charge is 2.41. The van der Waals surface area contributed by atoms with E-state index in [2.05, 4.69) is 4.99 Å². The molecule has 0 saturated heterocycles. The van der Waals surface area contributed by atoms with Gasteiger partial charge in [-0.05, 0) is 18.6 Å². The average molecular weight is 260 g/mol. The van der Waals surface area contributed by atoms with Gasteiger partial charge in [0, 0.05) is 12.3 Å². The van der Waals surface area contributed by atoms with E-state index in [1.807, 2.05) is 19.1 Å². The summed E-state index contributed by atoms with van der Waals surface area (Å²) in [6.07, 6.45) is 1.31. The van der Waals surface area contributed by atoms with Gasteiger partial charge in [-0.15, -0.1) is 11.6 Å². The van der Waals surface area contributed by atoms with E-state index in [4.69, 9.17) is 26.9 Å². The summed E-state index contributed by atoms with van der Waals surface area (Å²) in [6, 6.07) is 9.11. The van der Waals surface area contributed by atoms with E-state index in [1.165, 1.54) is 6.21 Å². The quantitative estimate of drug-likeness (QED) is 0.766. The van der Waals surface area contributed by atoms with Crippen LogP contribution in [-0.4, -0.2) is 12.8 Å². The molecule has 1 heterocycles. The van der Waals surface area contributed by atoms with E-state index in [9.17, 15) is 0 Å². The van der Waals surface area contributed by atoms with Crippen molar-refractivity contribution in [3.05, 3.63) is 23.8 Å². The fourth-order valence-corrected chi connectivity index (χ4v) is 2.12. The first-order chi connectivity index (χ1) is 8.66. The minimum absolute atomic E-state index is 0.563. The van der Waals surface area contributed by atoms with Crippen molar-refractivity contribution in [3.8, 4) is 17.9 Å². The van der Waals surface area contributed by atoms with Gasteiger partial charge in [0.15, 0.2) is 5.41 Å². The predicted octanol–water partition coefficient (Wildman–Crippen LogP) is 3.11. The Morgan fingerprint density at radius 2 is 2.17 bits per heavy atom. The van der Waals surface area contributed by atoms with Crippen molar-refractivity contribution in [1.82, 2.24) is 0 Å². The molecular weight excluding hydrogens is 250 g/mol. The summed E-state index contributed by atoms with van der Waals surface area (Å²) in [5.74, 6) is 0.693. The molecule has 1 unspecified atom stereocenters. The zero-order valence-electron chi connectivity index (χ0n) is 9.72. The van der Waals surface area contributed by atoms with Gasteiger partial charge in [0.25, 0.3) is 0 Å². The molecule has 0 amide bonds. The minimum atomic E-state index is -1.40. The SMILES string of the molecule is CCOc1ccc2c(c1)N=CC(C#N)(C#N)C2Cl. The van der Waals surface area contributed by atoms with Crippen LogP contribution in [0.2, 0.25) is 0 Å². The van der Waals surface area contributed by atoms with Gasteiger partial charge in [-0.3, -0.25) is 4.99 Å². The highest BCUT2D eigenvalue weighted by Crippen LogP contribution is 2.46. The Hall–Kier alpha value is -2.04. The van der Waals surface area contributed by atoms with Crippen molar-refractivity contribution >= 4 is 23.5 Å². The van der Waals surface area contributed by atoms with E-state index in [0.717, 1.165) is 0 Å². The van der Waals surface area contributed by atoms with Crippen LogP contribution >= 0.6 is 11.6 Å². The average Bonchev–Trinajstić information content (AvgIpc) is 2.40. The Morgan fingerprint density at radius 1 is 1.44 bits per heavy atom. The molecule has 0 aromatic heterocycles. The van der Waals surface area contributed by atoms with Crippen molar-refractivity contribution < 1.29 is 4.74 Å². The summed E-state index contributed by atoms with van der Waals surface area (Å²) < 4.78 is 5.36. The lowest BCUT2D eigenvalue weighted by atomic mass is 9.82. The number of fused-ring (bicyclic) bond motifs is 1. The van der Waals surface area contributed by atoms with Crippen LogP contribution in [0.1, 0.15) is 17.9 Å². The normalized spacial score (nSPS) is 19.4. The van der Waals surface area contributed by atoms with E-state index >= 15 is 0 Å². The third kappa shape index (κ3) is 1.81. The molecule has 1 aliphatic rings. The van der Waals surface area contributed by atoms with E-state index in [0.29, 0.717) is 23.6 Å². The number of hydrogen-bond donors (Lipinski definition) is 0. The number of rotatable bonds is 2. The van der Waals surface area contributed by atoms with Crippen LogP contribution in [0.15, 0.2) is 23.2 Å². The summed E-state index contributed by atoms with van der Waals surface area (Å²) in [4.78, 5) is 4.15. The number of aliphatic imine (C=N–C) groups is 1. The largest absolute Gasteiger partial charge is 0.494 e. The molecule has 1 atom stereocenters. The third-order valence-corrected chi connectivity index (χ3v) is 3.34. The first-order valence-corrected chi connectivity index (χ1v) is 5.89. The molecule has 0 fully saturated rings. The third-order valence-electron chi connectivity index (χ3n) is 2.76. The number of benzene rings is 1. The van der Waals surface area contributed by atoms with E-state index in [1.54, 1.807) is 18.2 Å². The number of nitrogens with zero attached hydrogens (tertiary/aromatic N) is 3. The second-order valence-electron chi connectivity index (χ2n) is 3.87. The molecule has 0 aliphatic carbocycles. The summed E-state index contributed by atoms with van der Waals surface area (Å²) in [7, 11) is 0. The lowest BCUT2D eigenvalue weighted by molar-refractivity contribution is 0.340. The second kappa shape index (κ2) is 4.68. The molecule has 90 valence electrons. The molecule has 0 N–H and O–H groups in total. The van der Waals surface area contributed by atoms with Gasteiger partial charge in [0.2, 0.25) is 0 Å². The minimum Gasteiger partial charge on any atom is -0.494 e. The highest BCUT2D eigenvalue weighted by atomic mass is 35.5. The summed E-state index contributed by atoms with van der Waals surface area (Å²) in [5, 5.41) is 17.5. The lowest BCUT2D eigenvalue weighted by Crippen LogP contribution is -2.26. The fraction of sp³-hybridized carbons (Fsp3) is 0.308. The number of alkyl halides is 1. The summed E-state index contributed by atoms with van der Waals surface area (Å²) >= 11 is 6.22. The lowest BCUT2D eigenvalue weighted by Gasteiger charge is -2.25. The monoisotopic (exact) mass is 259 g/mol. The van der Waals surface area contributed by atoms with Crippen molar-refractivity contribution in [2.24, 2.45) is 10.4 Å². The van der Waals surface area contributed by atoms with E-state index in [-0.39, 0.29) is 0 Å². The molecule has 2 rings (SSSR count). The Labute approximate surface area is 110 Å². The van der Waals surface area contributed by atoms with Gasteiger partial charge in [0.1, 0.15) is 5.75 Å². The molecule has 1 aromatic carbocycles. The maximum atomic E-state index is 9.10. The molecule has 4 nitrogen and oxygen atoms in total. The number of ether oxygens (including phenoxy) is 1. The topological polar surface area (TPSA) is 69.2 Å². The van der Waals surface area contributed by atoms with Gasteiger partial charge in [-0.2, -0.15) is 10.5 Å². The Kier molecular flexibility index (Phi) is 3.23. The molecular formula is C13H10ClN3O.